The maximum atomic E-state index is 12.4. The van der Waals surface area contributed by atoms with E-state index < -0.39 is 11.9 Å². The summed E-state index contributed by atoms with van der Waals surface area (Å²) >= 11 is 0. The number of carbonyl (C=O) groups is 2. The molecular weight excluding hydrogens is 264 g/mol. The largest absolute Gasteiger partial charge is 0.435 e. The second-order valence-electron chi connectivity index (χ2n) is 4.65. The van der Waals surface area contributed by atoms with E-state index in [9.17, 15) is 9.59 Å². The number of carbonyl (C=O) groups excluding carboxylic acids is 2. The standard InChI is InChI=1S/C18H16O3/c1-3-21-18(20)13(2)15-10-7-11-16(12-15)17(19)14-8-5-4-6-9-14/h3-13H,1H2,2H3/t13-/m0/s1. The molecule has 0 saturated carbocycles. The zero-order chi connectivity index (χ0) is 15.2. The van der Waals surface area contributed by atoms with Crippen molar-refractivity contribution in [2.24, 2.45) is 0 Å². The van der Waals surface area contributed by atoms with Gasteiger partial charge in [-0.05, 0) is 18.6 Å². The first-order chi connectivity index (χ1) is 10.1. The van der Waals surface area contributed by atoms with Gasteiger partial charge in [0.1, 0.15) is 0 Å². The molecule has 0 saturated heterocycles. The van der Waals surface area contributed by atoms with Crippen molar-refractivity contribution >= 4 is 11.8 Å². The average molecular weight is 280 g/mol. The van der Waals surface area contributed by atoms with E-state index in [0.29, 0.717) is 11.1 Å². The molecule has 0 aliphatic rings. The second kappa shape index (κ2) is 6.66. The Hall–Kier alpha value is -2.68. The molecule has 2 aromatic carbocycles. The van der Waals surface area contributed by atoms with Gasteiger partial charge in [0, 0.05) is 11.1 Å². The summed E-state index contributed by atoms with van der Waals surface area (Å²) in [7, 11) is 0. The Morgan fingerprint density at radius 3 is 2.38 bits per heavy atom. The predicted octanol–water partition coefficient (Wildman–Crippen LogP) is 3.71. The molecule has 0 radical (unpaired) electrons. The zero-order valence-electron chi connectivity index (χ0n) is 11.8. The smallest absolute Gasteiger partial charge is 0.317 e. The molecule has 2 rings (SSSR count). The quantitative estimate of drug-likeness (QED) is 0.476. The van der Waals surface area contributed by atoms with Crippen molar-refractivity contribution in [1.29, 1.82) is 0 Å². The summed E-state index contributed by atoms with van der Waals surface area (Å²) in [5.74, 6) is -0.914. The van der Waals surface area contributed by atoms with Crippen molar-refractivity contribution < 1.29 is 14.3 Å². The molecule has 3 nitrogen and oxygen atoms in total. The summed E-state index contributed by atoms with van der Waals surface area (Å²) in [6.07, 6.45) is 1.11. The number of hydrogen-bond acceptors (Lipinski definition) is 3. The van der Waals surface area contributed by atoms with Gasteiger partial charge in [-0.25, -0.2) is 0 Å². The molecule has 3 heteroatoms. The Morgan fingerprint density at radius 2 is 1.71 bits per heavy atom. The van der Waals surface area contributed by atoms with Crippen LogP contribution in [0.15, 0.2) is 67.4 Å². The fourth-order valence-electron chi connectivity index (χ4n) is 2.03. The highest BCUT2D eigenvalue weighted by molar-refractivity contribution is 6.09. The van der Waals surface area contributed by atoms with Crippen molar-refractivity contribution in [3.63, 3.8) is 0 Å². The van der Waals surface area contributed by atoms with Gasteiger partial charge in [-0.1, -0.05) is 55.1 Å². The van der Waals surface area contributed by atoms with E-state index in [4.69, 9.17) is 4.74 Å². The van der Waals surface area contributed by atoms with Crippen LogP contribution in [0.5, 0.6) is 0 Å². The first kappa shape index (κ1) is 14.7. The van der Waals surface area contributed by atoms with E-state index in [2.05, 4.69) is 6.58 Å². The SMILES string of the molecule is C=COC(=O)[C@@H](C)c1cccc(C(=O)c2ccccc2)c1. The number of esters is 1. The normalized spacial score (nSPS) is 11.5. The number of benzene rings is 2. The third-order valence-corrected chi connectivity index (χ3v) is 3.24. The average Bonchev–Trinajstić information content (AvgIpc) is 2.54. The Kier molecular flexibility index (Phi) is 4.67. The molecule has 106 valence electrons. The van der Waals surface area contributed by atoms with Crippen LogP contribution in [0.3, 0.4) is 0 Å². The van der Waals surface area contributed by atoms with Crippen LogP contribution >= 0.6 is 0 Å². The summed E-state index contributed by atoms with van der Waals surface area (Å²) in [4.78, 5) is 24.1. The van der Waals surface area contributed by atoms with E-state index in [-0.39, 0.29) is 5.78 Å². The Morgan fingerprint density at radius 1 is 1.05 bits per heavy atom. The number of rotatable bonds is 5. The van der Waals surface area contributed by atoms with Gasteiger partial charge in [-0.2, -0.15) is 0 Å². The molecular formula is C18H16O3. The van der Waals surface area contributed by atoms with E-state index in [1.807, 2.05) is 18.2 Å². The summed E-state index contributed by atoms with van der Waals surface area (Å²) in [5.41, 5.74) is 1.91. The Bertz CT molecular complexity index is 659. The molecule has 0 bridgehead atoms. The third kappa shape index (κ3) is 3.45. The molecule has 2 aromatic rings. The zero-order valence-corrected chi connectivity index (χ0v) is 11.8. The molecule has 0 aliphatic heterocycles. The van der Waals surface area contributed by atoms with Crippen LogP contribution in [0.2, 0.25) is 0 Å². The Labute approximate surface area is 123 Å². The highest BCUT2D eigenvalue weighted by Gasteiger charge is 2.18. The molecule has 0 amide bonds. The summed E-state index contributed by atoms with van der Waals surface area (Å²) < 4.78 is 4.78. The van der Waals surface area contributed by atoms with Crippen molar-refractivity contribution in [3.8, 4) is 0 Å². The van der Waals surface area contributed by atoms with E-state index in [1.165, 1.54) is 0 Å². The van der Waals surface area contributed by atoms with Crippen molar-refractivity contribution in [2.75, 3.05) is 0 Å². The van der Waals surface area contributed by atoms with Crippen LogP contribution in [0, 0.1) is 0 Å². The Balaban J connectivity index is 2.28. The first-order valence-corrected chi connectivity index (χ1v) is 6.64. The van der Waals surface area contributed by atoms with Crippen LogP contribution in [0.1, 0.15) is 34.3 Å². The number of ether oxygens (including phenoxy) is 1. The van der Waals surface area contributed by atoms with E-state index >= 15 is 0 Å². The maximum Gasteiger partial charge on any atom is 0.317 e. The van der Waals surface area contributed by atoms with Crippen LogP contribution < -0.4 is 0 Å². The summed E-state index contributed by atoms with van der Waals surface area (Å²) in [5, 5.41) is 0. The lowest BCUT2D eigenvalue weighted by atomic mass is 9.96. The van der Waals surface area contributed by atoms with Gasteiger partial charge >= 0.3 is 5.97 Å². The lowest BCUT2D eigenvalue weighted by molar-refractivity contribution is -0.139. The molecule has 1 atom stereocenters. The van der Waals surface area contributed by atoms with Gasteiger partial charge in [0.25, 0.3) is 0 Å². The summed E-state index contributed by atoms with van der Waals surface area (Å²) in [6, 6.07) is 16.1. The van der Waals surface area contributed by atoms with E-state index in [1.54, 1.807) is 43.3 Å². The van der Waals surface area contributed by atoms with Gasteiger partial charge in [0.15, 0.2) is 5.78 Å². The van der Waals surface area contributed by atoms with Crippen molar-refractivity contribution in [3.05, 3.63) is 84.1 Å². The summed E-state index contributed by atoms with van der Waals surface area (Å²) in [6.45, 7) is 5.10. The highest BCUT2D eigenvalue weighted by Crippen LogP contribution is 2.20. The van der Waals surface area contributed by atoms with Crippen molar-refractivity contribution in [2.45, 2.75) is 12.8 Å². The van der Waals surface area contributed by atoms with Gasteiger partial charge < -0.3 is 4.74 Å². The highest BCUT2D eigenvalue weighted by atomic mass is 16.5. The molecule has 0 spiro atoms. The maximum absolute atomic E-state index is 12.4. The fraction of sp³-hybridized carbons (Fsp3) is 0.111. The molecule has 0 aliphatic carbocycles. The second-order valence-corrected chi connectivity index (χ2v) is 4.65. The molecule has 0 aromatic heterocycles. The lowest BCUT2D eigenvalue weighted by Crippen LogP contribution is -2.11. The molecule has 0 fully saturated rings. The van der Waals surface area contributed by atoms with Crippen molar-refractivity contribution in [1.82, 2.24) is 0 Å². The molecule has 0 unspecified atom stereocenters. The topological polar surface area (TPSA) is 43.4 Å². The van der Waals surface area contributed by atoms with Crippen LogP contribution in [-0.2, 0) is 9.53 Å². The van der Waals surface area contributed by atoms with Crippen LogP contribution in [-0.4, -0.2) is 11.8 Å². The minimum absolute atomic E-state index is 0.0678. The predicted molar refractivity (Wildman–Crippen MR) is 81.0 cm³/mol. The van der Waals surface area contributed by atoms with Crippen LogP contribution in [0.4, 0.5) is 0 Å². The minimum Gasteiger partial charge on any atom is -0.435 e. The minimum atomic E-state index is -0.452. The van der Waals surface area contributed by atoms with Crippen LogP contribution in [0.25, 0.3) is 0 Å². The fourth-order valence-corrected chi connectivity index (χ4v) is 2.03. The van der Waals surface area contributed by atoms with Gasteiger partial charge in [-0.15, -0.1) is 0 Å². The van der Waals surface area contributed by atoms with Gasteiger partial charge in [0.05, 0.1) is 12.2 Å². The van der Waals surface area contributed by atoms with Gasteiger partial charge in [-0.3, -0.25) is 9.59 Å². The molecule has 21 heavy (non-hydrogen) atoms. The lowest BCUT2D eigenvalue weighted by Gasteiger charge is -2.10. The molecule has 0 N–H and O–H groups in total. The third-order valence-electron chi connectivity index (χ3n) is 3.24. The molecule has 0 heterocycles. The van der Waals surface area contributed by atoms with E-state index in [0.717, 1.165) is 11.8 Å². The first-order valence-electron chi connectivity index (χ1n) is 6.64. The number of hydrogen-bond donors (Lipinski definition) is 0. The van der Waals surface area contributed by atoms with Gasteiger partial charge in [0.2, 0.25) is 0 Å². The number of ketones is 1. The monoisotopic (exact) mass is 280 g/mol.